The van der Waals surface area contributed by atoms with Crippen molar-refractivity contribution >= 4 is 21.6 Å². The first-order valence-electron chi connectivity index (χ1n) is 10.3. The molecule has 0 aliphatic heterocycles. The van der Waals surface area contributed by atoms with Crippen LogP contribution in [0.1, 0.15) is 59.3 Å². The highest BCUT2D eigenvalue weighted by molar-refractivity contribution is 7.92. The normalized spacial score (nSPS) is 12.4. The first kappa shape index (κ1) is 24.3. The average Bonchev–Trinajstić information content (AvgIpc) is 2.65. The number of unbranched alkanes of at least 4 members (excludes halogenated alkanes) is 1. The standard InChI is InChI=1S/C21H36N2O4S/c1-5-8-12-18(6-2)17-22-21(24)15-11-16-23(28(4,25)26)19-13-9-10-14-20(19)27-7-3/h9-10,13-14,18H,5-8,11-12,15-17H2,1-4H3,(H,22,24)/t18-/m0/s1. The van der Waals surface area contributed by atoms with Gasteiger partial charge in [0.25, 0.3) is 0 Å². The Bertz CT molecular complexity index is 691. The summed E-state index contributed by atoms with van der Waals surface area (Å²) in [5.74, 6) is 1.01. The third kappa shape index (κ3) is 8.50. The summed E-state index contributed by atoms with van der Waals surface area (Å²) in [6, 6.07) is 7.08. The molecule has 7 heteroatoms. The summed E-state index contributed by atoms with van der Waals surface area (Å²) >= 11 is 0. The molecule has 0 fully saturated rings. The Morgan fingerprint density at radius 3 is 2.50 bits per heavy atom. The molecular formula is C21H36N2O4S. The summed E-state index contributed by atoms with van der Waals surface area (Å²) in [5.41, 5.74) is 0.512. The molecule has 160 valence electrons. The fourth-order valence-electron chi connectivity index (χ4n) is 3.08. The highest BCUT2D eigenvalue weighted by Crippen LogP contribution is 2.30. The quantitative estimate of drug-likeness (QED) is 0.502. The van der Waals surface area contributed by atoms with E-state index in [9.17, 15) is 13.2 Å². The van der Waals surface area contributed by atoms with Gasteiger partial charge in [0.2, 0.25) is 15.9 Å². The lowest BCUT2D eigenvalue weighted by Crippen LogP contribution is -2.33. The Hall–Kier alpha value is -1.76. The van der Waals surface area contributed by atoms with Crippen molar-refractivity contribution in [3.63, 3.8) is 0 Å². The SMILES string of the molecule is CCCC[C@H](CC)CNC(=O)CCCN(c1ccccc1OCC)S(C)(=O)=O. The van der Waals surface area contributed by atoms with Crippen LogP contribution in [0.25, 0.3) is 0 Å². The van der Waals surface area contributed by atoms with Crippen molar-refractivity contribution in [2.24, 2.45) is 5.92 Å². The molecule has 1 rings (SSSR count). The minimum atomic E-state index is -3.48. The van der Waals surface area contributed by atoms with Crippen LogP contribution in [0.3, 0.4) is 0 Å². The van der Waals surface area contributed by atoms with Gasteiger partial charge in [-0.15, -0.1) is 0 Å². The number of sulfonamides is 1. The van der Waals surface area contributed by atoms with E-state index in [4.69, 9.17) is 4.74 Å². The molecule has 1 aromatic carbocycles. The number of amides is 1. The molecule has 0 spiro atoms. The van der Waals surface area contributed by atoms with Crippen molar-refractivity contribution in [3.8, 4) is 5.75 Å². The molecule has 1 amide bonds. The molecule has 0 saturated carbocycles. The van der Waals surface area contributed by atoms with E-state index in [2.05, 4.69) is 19.2 Å². The number of nitrogens with zero attached hydrogens (tertiary/aromatic N) is 1. The van der Waals surface area contributed by atoms with Gasteiger partial charge in [-0.2, -0.15) is 0 Å². The molecule has 0 heterocycles. The van der Waals surface area contributed by atoms with E-state index in [1.54, 1.807) is 18.2 Å². The zero-order valence-electron chi connectivity index (χ0n) is 17.7. The van der Waals surface area contributed by atoms with Gasteiger partial charge in [-0.05, 0) is 37.8 Å². The van der Waals surface area contributed by atoms with E-state index in [0.29, 0.717) is 43.3 Å². The van der Waals surface area contributed by atoms with Gasteiger partial charge in [0.05, 0.1) is 18.6 Å². The third-order valence-electron chi connectivity index (χ3n) is 4.73. The van der Waals surface area contributed by atoms with Crippen molar-refractivity contribution in [3.05, 3.63) is 24.3 Å². The van der Waals surface area contributed by atoms with Crippen LogP contribution in [-0.4, -0.2) is 40.3 Å². The second-order valence-corrected chi connectivity index (χ2v) is 8.97. The lowest BCUT2D eigenvalue weighted by Gasteiger charge is -2.24. The highest BCUT2D eigenvalue weighted by atomic mass is 32.2. The van der Waals surface area contributed by atoms with E-state index in [0.717, 1.165) is 19.3 Å². The predicted octanol–water partition coefficient (Wildman–Crippen LogP) is 3.96. The Morgan fingerprint density at radius 2 is 1.89 bits per heavy atom. The van der Waals surface area contributed by atoms with Gasteiger partial charge >= 0.3 is 0 Å². The van der Waals surface area contributed by atoms with Crippen LogP contribution in [0.5, 0.6) is 5.75 Å². The van der Waals surface area contributed by atoms with Crippen LogP contribution in [0.4, 0.5) is 5.69 Å². The van der Waals surface area contributed by atoms with Crippen LogP contribution >= 0.6 is 0 Å². The largest absolute Gasteiger partial charge is 0.492 e. The van der Waals surface area contributed by atoms with Crippen LogP contribution in [0.15, 0.2) is 24.3 Å². The predicted molar refractivity (Wildman–Crippen MR) is 115 cm³/mol. The number of carbonyl (C=O) groups excluding carboxylic acids is 1. The second-order valence-electron chi connectivity index (χ2n) is 7.06. The Balaban J connectivity index is 2.63. The van der Waals surface area contributed by atoms with E-state index in [1.165, 1.54) is 17.0 Å². The average molecular weight is 413 g/mol. The lowest BCUT2D eigenvalue weighted by atomic mass is 9.99. The monoisotopic (exact) mass is 412 g/mol. The number of hydrogen-bond donors (Lipinski definition) is 1. The highest BCUT2D eigenvalue weighted by Gasteiger charge is 2.21. The van der Waals surface area contributed by atoms with Gasteiger partial charge in [0.1, 0.15) is 5.75 Å². The minimum Gasteiger partial charge on any atom is -0.492 e. The molecule has 28 heavy (non-hydrogen) atoms. The molecule has 6 nitrogen and oxygen atoms in total. The number of para-hydroxylation sites is 2. The fraction of sp³-hybridized carbons (Fsp3) is 0.667. The summed E-state index contributed by atoms with van der Waals surface area (Å²) in [6.45, 7) is 7.56. The first-order valence-corrected chi connectivity index (χ1v) is 12.1. The Kier molecular flexibility index (Phi) is 11.0. The van der Waals surface area contributed by atoms with E-state index >= 15 is 0 Å². The van der Waals surface area contributed by atoms with Crippen molar-refractivity contribution in [1.29, 1.82) is 0 Å². The molecule has 0 bridgehead atoms. The van der Waals surface area contributed by atoms with Crippen LogP contribution < -0.4 is 14.4 Å². The molecule has 1 N–H and O–H groups in total. The van der Waals surface area contributed by atoms with Crippen molar-refractivity contribution in [2.45, 2.75) is 59.3 Å². The number of rotatable bonds is 14. The summed E-state index contributed by atoms with van der Waals surface area (Å²) in [4.78, 5) is 12.2. The number of hydrogen-bond acceptors (Lipinski definition) is 4. The summed E-state index contributed by atoms with van der Waals surface area (Å²) in [6.07, 6.45) is 6.44. The number of nitrogens with one attached hydrogen (secondary N) is 1. The molecule has 0 aliphatic rings. The zero-order chi connectivity index (χ0) is 21.0. The maximum atomic E-state index is 12.3. The van der Waals surface area contributed by atoms with Gasteiger partial charge in [-0.1, -0.05) is 45.2 Å². The van der Waals surface area contributed by atoms with Gasteiger partial charge in [0.15, 0.2) is 0 Å². The summed E-state index contributed by atoms with van der Waals surface area (Å²) < 4.78 is 31.5. The van der Waals surface area contributed by atoms with Crippen LogP contribution in [-0.2, 0) is 14.8 Å². The van der Waals surface area contributed by atoms with Crippen LogP contribution in [0.2, 0.25) is 0 Å². The van der Waals surface area contributed by atoms with Gasteiger partial charge in [-0.25, -0.2) is 8.42 Å². The van der Waals surface area contributed by atoms with Gasteiger partial charge in [0, 0.05) is 19.5 Å². The second kappa shape index (κ2) is 12.6. The Labute approximate surface area is 170 Å². The number of benzene rings is 1. The van der Waals surface area contributed by atoms with Crippen LogP contribution in [0, 0.1) is 5.92 Å². The lowest BCUT2D eigenvalue weighted by molar-refractivity contribution is -0.121. The van der Waals surface area contributed by atoms with Crippen molar-refractivity contribution < 1.29 is 17.9 Å². The topological polar surface area (TPSA) is 75.7 Å². The molecule has 1 atom stereocenters. The Morgan fingerprint density at radius 1 is 1.18 bits per heavy atom. The smallest absolute Gasteiger partial charge is 0.232 e. The van der Waals surface area contributed by atoms with Gasteiger partial charge in [-0.3, -0.25) is 9.10 Å². The molecule has 0 aromatic heterocycles. The number of anilines is 1. The number of ether oxygens (including phenoxy) is 1. The molecular weight excluding hydrogens is 376 g/mol. The summed E-state index contributed by atoms with van der Waals surface area (Å²) in [7, 11) is -3.48. The molecule has 0 unspecified atom stereocenters. The maximum absolute atomic E-state index is 12.3. The van der Waals surface area contributed by atoms with Gasteiger partial charge < -0.3 is 10.1 Å². The molecule has 0 saturated heterocycles. The fourth-order valence-corrected chi connectivity index (χ4v) is 4.05. The molecule has 0 radical (unpaired) electrons. The number of carbonyl (C=O) groups is 1. The van der Waals surface area contributed by atoms with E-state index < -0.39 is 10.0 Å². The van der Waals surface area contributed by atoms with Crippen molar-refractivity contribution in [1.82, 2.24) is 5.32 Å². The van der Waals surface area contributed by atoms with E-state index in [-0.39, 0.29) is 12.5 Å². The van der Waals surface area contributed by atoms with E-state index in [1.807, 2.05) is 13.0 Å². The molecule has 0 aliphatic carbocycles. The zero-order valence-corrected chi connectivity index (χ0v) is 18.6. The summed E-state index contributed by atoms with van der Waals surface area (Å²) in [5, 5.41) is 2.99. The first-order chi connectivity index (χ1) is 13.3. The molecule has 1 aromatic rings. The minimum absolute atomic E-state index is 0.0264. The third-order valence-corrected chi connectivity index (χ3v) is 5.91. The maximum Gasteiger partial charge on any atom is 0.232 e. The van der Waals surface area contributed by atoms with Crippen molar-refractivity contribution in [2.75, 3.05) is 30.3 Å².